The summed E-state index contributed by atoms with van der Waals surface area (Å²) < 4.78 is 2.78. The molecule has 1 saturated heterocycles. The SMILES string of the molecule is CC(C(=O)N1CCCCC1)n1c(N)nc2ccc(Br)cc21. The van der Waals surface area contributed by atoms with Crippen molar-refractivity contribution < 1.29 is 4.79 Å². The minimum absolute atomic E-state index is 0.126. The number of aromatic nitrogens is 2. The minimum atomic E-state index is -0.331. The van der Waals surface area contributed by atoms with E-state index in [1.165, 1.54) is 6.42 Å². The molecule has 1 aliphatic heterocycles. The van der Waals surface area contributed by atoms with E-state index in [0.29, 0.717) is 5.95 Å². The molecule has 1 amide bonds. The van der Waals surface area contributed by atoms with Crippen LogP contribution >= 0.6 is 15.9 Å². The third-order valence-electron chi connectivity index (χ3n) is 4.09. The number of likely N-dealkylation sites (tertiary alicyclic amines) is 1. The van der Waals surface area contributed by atoms with Crippen LogP contribution in [0.1, 0.15) is 32.2 Å². The zero-order valence-corrected chi connectivity index (χ0v) is 13.6. The second kappa shape index (κ2) is 5.67. The Balaban J connectivity index is 1.96. The van der Waals surface area contributed by atoms with Crippen LogP contribution in [0.2, 0.25) is 0 Å². The van der Waals surface area contributed by atoms with Gasteiger partial charge in [-0.15, -0.1) is 0 Å². The molecule has 0 spiro atoms. The van der Waals surface area contributed by atoms with E-state index < -0.39 is 0 Å². The highest BCUT2D eigenvalue weighted by molar-refractivity contribution is 9.10. The number of carbonyl (C=O) groups excluding carboxylic acids is 1. The highest BCUT2D eigenvalue weighted by atomic mass is 79.9. The maximum atomic E-state index is 12.7. The van der Waals surface area contributed by atoms with Crippen molar-refractivity contribution in [3.8, 4) is 0 Å². The maximum absolute atomic E-state index is 12.7. The summed E-state index contributed by atoms with van der Waals surface area (Å²) in [5.41, 5.74) is 7.74. The highest BCUT2D eigenvalue weighted by Crippen LogP contribution is 2.27. The first kappa shape index (κ1) is 14.4. The zero-order chi connectivity index (χ0) is 15.0. The topological polar surface area (TPSA) is 64.2 Å². The van der Waals surface area contributed by atoms with Gasteiger partial charge in [0, 0.05) is 17.6 Å². The average Bonchev–Trinajstić information content (AvgIpc) is 2.82. The number of amides is 1. The van der Waals surface area contributed by atoms with Crippen LogP contribution in [0.5, 0.6) is 0 Å². The van der Waals surface area contributed by atoms with Gasteiger partial charge < -0.3 is 10.6 Å². The molecule has 2 heterocycles. The summed E-state index contributed by atoms with van der Waals surface area (Å²) >= 11 is 3.46. The Labute approximate surface area is 132 Å². The number of anilines is 1. The van der Waals surface area contributed by atoms with Gasteiger partial charge in [0.25, 0.3) is 0 Å². The lowest BCUT2D eigenvalue weighted by molar-refractivity contribution is -0.135. The van der Waals surface area contributed by atoms with Crippen molar-refractivity contribution in [2.45, 2.75) is 32.2 Å². The van der Waals surface area contributed by atoms with Crippen LogP contribution in [0.3, 0.4) is 0 Å². The summed E-state index contributed by atoms with van der Waals surface area (Å²) in [6.07, 6.45) is 3.38. The van der Waals surface area contributed by atoms with Gasteiger partial charge in [0.05, 0.1) is 11.0 Å². The van der Waals surface area contributed by atoms with Gasteiger partial charge in [-0.3, -0.25) is 9.36 Å². The Morgan fingerprint density at radius 3 is 2.76 bits per heavy atom. The van der Waals surface area contributed by atoms with Gasteiger partial charge in [-0.05, 0) is 44.4 Å². The number of hydrogen-bond donors (Lipinski definition) is 1. The first-order valence-electron chi connectivity index (χ1n) is 7.29. The number of halogens is 1. The highest BCUT2D eigenvalue weighted by Gasteiger charge is 2.26. The normalized spacial score (nSPS) is 17.1. The number of nitrogen functional groups attached to an aromatic ring is 1. The largest absolute Gasteiger partial charge is 0.369 e. The molecule has 1 fully saturated rings. The van der Waals surface area contributed by atoms with Gasteiger partial charge >= 0.3 is 0 Å². The molecule has 0 aliphatic carbocycles. The summed E-state index contributed by atoms with van der Waals surface area (Å²) in [4.78, 5) is 19.0. The number of benzene rings is 1. The van der Waals surface area contributed by atoms with E-state index in [4.69, 9.17) is 5.73 Å². The van der Waals surface area contributed by atoms with E-state index in [9.17, 15) is 4.79 Å². The summed E-state index contributed by atoms with van der Waals surface area (Å²) in [6, 6.07) is 5.46. The van der Waals surface area contributed by atoms with E-state index in [1.54, 1.807) is 0 Å². The van der Waals surface area contributed by atoms with E-state index in [1.807, 2.05) is 34.6 Å². The Bertz CT molecular complexity index is 676. The van der Waals surface area contributed by atoms with E-state index >= 15 is 0 Å². The predicted molar refractivity (Wildman–Crippen MR) is 87.0 cm³/mol. The number of nitrogens with two attached hydrogens (primary N) is 1. The van der Waals surface area contributed by atoms with Crippen LogP contribution < -0.4 is 5.73 Å². The minimum Gasteiger partial charge on any atom is -0.369 e. The van der Waals surface area contributed by atoms with E-state index in [0.717, 1.165) is 41.4 Å². The number of piperidine rings is 1. The number of nitrogens with zero attached hydrogens (tertiary/aromatic N) is 3. The maximum Gasteiger partial charge on any atom is 0.245 e. The molecule has 2 aromatic rings. The Morgan fingerprint density at radius 2 is 2.05 bits per heavy atom. The fraction of sp³-hybridized carbons (Fsp3) is 0.467. The van der Waals surface area contributed by atoms with Crippen LogP contribution in [-0.2, 0) is 4.79 Å². The van der Waals surface area contributed by atoms with Crippen molar-refractivity contribution in [2.24, 2.45) is 0 Å². The quantitative estimate of drug-likeness (QED) is 0.905. The average molecular weight is 351 g/mol. The summed E-state index contributed by atoms with van der Waals surface area (Å²) in [5, 5.41) is 0. The lowest BCUT2D eigenvalue weighted by atomic mass is 10.1. The van der Waals surface area contributed by atoms with Crippen molar-refractivity contribution in [2.75, 3.05) is 18.8 Å². The smallest absolute Gasteiger partial charge is 0.245 e. The molecule has 5 nitrogen and oxygen atoms in total. The van der Waals surface area contributed by atoms with Crippen molar-refractivity contribution in [1.82, 2.24) is 14.5 Å². The molecule has 1 unspecified atom stereocenters. The second-order valence-corrected chi connectivity index (χ2v) is 6.45. The molecule has 1 aromatic carbocycles. The molecule has 21 heavy (non-hydrogen) atoms. The number of carbonyl (C=O) groups is 1. The molecular weight excluding hydrogens is 332 g/mol. The van der Waals surface area contributed by atoms with Crippen molar-refractivity contribution in [3.05, 3.63) is 22.7 Å². The Kier molecular flexibility index (Phi) is 3.89. The molecule has 2 N–H and O–H groups in total. The molecule has 1 aliphatic rings. The lowest BCUT2D eigenvalue weighted by Gasteiger charge is -2.30. The molecule has 112 valence electrons. The molecule has 6 heteroatoms. The second-order valence-electron chi connectivity index (χ2n) is 5.53. The molecule has 3 rings (SSSR count). The lowest BCUT2D eigenvalue weighted by Crippen LogP contribution is -2.39. The van der Waals surface area contributed by atoms with Crippen LogP contribution in [0.25, 0.3) is 11.0 Å². The van der Waals surface area contributed by atoms with Gasteiger partial charge in [0.15, 0.2) is 0 Å². The molecule has 0 saturated carbocycles. The Hall–Kier alpha value is -1.56. The van der Waals surface area contributed by atoms with Crippen LogP contribution in [0.4, 0.5) is 5.95 Å². The fourth-order valence-electron chi connectivity index (χ4n) is 2.98. The zero-order valence-electron chi connectivity index (χ0n) is 12.1. The van der Waals surface area contributed by atoms with Crippen LogP contribution in [0.15, 0.2) is 22.7 Å². The van der Waals surface area contributed by atoms with Crippen molar-refractivity contribution in [3.63, 3.8) is 0 Å². The Morgan fingerprint density at radius 1 is 1.33 bits per heavy atom. The first-order valence-corrected chi connectivity index (χ1v) is 8.09. The number of imidazole rings is 1. The molecule has 0 bridgehead atoms. The van der Waals surface area contributed by atoms with E-state index in [2.05, 4.69) is 20.9 Å². The summed E-state index contributed by atoms with van der Waals surface area (Å²) in [5.74, 6) is 0.515. The number of hydrogen-bond acceptors (Lipinski definition) is 3. The third kappa shape index (κ3) is 2.64. The van der Waals surface area contributed by atoms with Gasteiger partial charge in [0.1, 0.15) is 6.04 Å². The number of fused-ring (bicyclic) bond motifs is 1. The van der Waals surface area contributed by atoms with Crippen LogP contribution in [0, 0.1) is 0 Å². The van der Waals surface area contributed by atoms with Gasteiger partial charge in [-0.1, -0.05) is 15.9 Å². The van der Waals surface area contributed by atoms with Crippen LogP contribution in [-0.4, -0.2) is 33.4 Å². The van der Waals surface area contributed by atoms with E-state index in [-0.39, 0.29) is 11.9 Å². The molecule has 1 aromatic heterocycles. The number of rotatable bonds is 2. The molecule has 0 radical (unpaired) electrons. The first-order chi connectivity index (χ1) is 10.1. The predicted octanol–water partition coefficient (Wildman–Crippen LogP) is 2.95. The molecular formula is C15H19BrN4O. The standard InChI is InChI=1S/C15H19BrN4O/c1-10(14(21)19-7-3-2-4-8-19)20-13-9-11(16)5-6-12(13)18-15(20)17/h5-6,9-10H,2-4,7-8H2,1H3,(H2,17,18). The monoisotopic (exact) mass is 350 g/mol. The van der Waals surface area contributed by atoms with Gasteiger partial charge in [-0.2, -0.15) is 0 Å². The third-order valence-corrected chi connectivity index (χ3v) is 4.58. The summed E-state index contributed by atoms with van der Waals surface area (Å²) in [6.45, 7) is 3.59. The van der Waals surface area contributed by atoms with Gasteiger partial charge in [-0.25, -0.2) is 4.98 Å². The van der Waals surface area contributed by atoms with Gasteiger partial charge in [0.2, 0.25) is 11.9 Å². The molecule has 1 atom stereocenters. The fourth-order valence-corrected chi connectivity index (χ4v) is 3.33. The van der Waals surface area contributed by atoms with Crippen molar-refractivity contribution in [1.29, 1.82) is 0 Å². The summed E-state index contributed by atoms with van der Waals surface area (Å²) in [7, 11) is 0. The van der Waals surface area contributed by atoms with Crippen molar-refractivity contribution >= 4 is 38.8 Å².